The lowest BCUT2D eigenvalue weighted by atomic mass is 10.2. The van der Waals surface area contributed by atoms with Crippen molar-refractivity contribution in [2.24, 2.45) is 0 Å². The first-order valence-electron chi connectivity index (χ1n) is 5.39. The van der Waals surface area contributed by atoms with Crippen molar-refractivity contribution in [3.63, 3.8) is 0 Å². The zero-order chi connectivity index (χ0) is 13.6. The molecule has 0 fully saturated rings. The van der Waals surface area contributed by atoms with Gasteiger partial charge in [-0.3, -0.25) is 0 Å². The van der Waals surface area contributed by atoms with Crippen LogP contribution in [0.15, 0.2) is 17.5 Å². The Bertz CT molecular complexity index is 531. The van der Waals surface area contributed by atoms with Gasteiger partial charge >= 0.3 is 5.97 Å². The van der Waals surface area contributed by atoms with Crippen molar-refractivity contribution < 1.29 is 18.3 Å². The fourth-order valence-electron chi connectivity index (χ4n) is 1.32. The first-order chi connectivity index (χ1) is 8.44. The highest BCUT2D eigenvalue weighted by molar-refractivity contribution is 7.89. The summed E-state index contributed by atoms with van der Waals surface area (Å²) < 4.78 is 25.5. The molecule has 2 N–H and O–H groups in total. The Morgan fingerprint density at radius 2 is 2.28 bits per heavy atom. The lowest BCUT2D eigenvalue weighted by molar-refractivity contribution is -0.131. The molecule has 0 bridgehead atoms. The molecule has 7 heteroatoms. The maximum atomic E-state index is 11.5. The number of nitrogens with one attached hydrogen (secondary N) is 1. The molecule has 0 aliphatic heterocycles. The second-order valence-electron chi connectivity index (χ2n) is 3.61. The summed E-state index contributed by atoms with van der Waals surface area (Å²) in [6, 6.07) is 1.76. The van der Waals surface area contributed by atoms with Gasteiger partial charge in [-0.2, -0.15) is 0 Å². The summed E-state index contributed by atoms with van der Waals surface area (Å²) in [6.07, 6.45) is 3.06. The minimum absolute atomic E-state index is 0.0959. The largest absolute Gasteiger partial charge is 0.478 e. The third-order valence-electron chi connectivity index (χ3n) is 2.11. The molecule has 0 radical (unpaired) electrons. The molecule has 18 heavy (non-hydrogen) atoms. The Balaban J connectivity index is 2.69. The summed E-state index contributed by atoms with van der Waals surface area (Å²) >= 11 is 1.39. The molecule has 1 rings (SSSR count). The van der Waals surface area contributed by atoms with Crippen LogP contribution < -0.4 is 4.72 Å². The van der Waals surface area contributed by atoms with Crippen LogP contribution in [0.25, 0.3) is 6.08 Å². The van der Waals surface area contributed by atoms with Gasteiger partial charge < -0.3 is 5.11 Å². The van der Waals surface area contributed by atoms with Gasteiger partial charge in [0, 0.05) is 17.5 Å². The van der Waals surface area contributed by atoms with Crippen LogP contribution in [-0.4, -0.2) is 25.2 Å². The zero-order valence-electron chi connectivity index (χ0n) is 9.92. The van der Waals surface area contributed by atoms with Crippen LogP contribution in [0.1, 0.15) is 23.8 Å². The molecule has 1 aromatic rings. The minimum atomic E-state index is -3.24. The van der Waals surface area contributed by atoms with Crippen molar-refractivity contribution in [3.05, 3.63) is 28.0 Å². The predicted molar refractivity (Wildman–Crippen MR) is 71.9 cm³/mol. The second kappa shape index (κ2) is 6.67. The number of aliphatic carboxylic acids is 1. The van der Waals surface area contributed by atoms with Crippen LogP contribution in [0.2, 0.25) is 0 Å². The maximum absolute atomic E-state index is 11.5. The number of sulfonamides is 1. The Kier molecular flexibility index (Phi) is 5.52. The van der Waals surface area contributed by atoms with Gasteiger partial charge in [0.1, 0.15) is 0 Å². The molecule has 0 aliphatic rings. The van der Waals surface area contributed by atoms with E-state index in [1.165, 1.54) is 17.4 Å². The van der Waals surface area contributed by atoms with E-state index in [0.29, 0.717) is 6.42 Å². The number of carboxylic acids is 1. The Morgan fingerprint density at radius 1 is 1.56 bits per heavy atom. The monoisotopic (exact) mass is 289 g/mol. The number of rotatable bonds is 7. The van der Waals surface area contributed by atoms with Crippen LogP contribution in [0, 0.1) is 0 Å². The first-order valence-corrected chi connectivity index (χ1v) is 7.92. The molecule has 0 unspecified atom stereocenters. The molecular formula is C11H15NO4S2. The van der Waals surface area contributed by atoms with Gasteiger partial charge in [0.25, 0.3) is 0 Å². The van der Waals surface area contributed by atoms with Crippen molar-refractivity contribution in [1.82, 2.24) is 4.72 Å². The van der Waals surface area contributed by atoms with Crippen molar-refractivity contribution >= 4 is 33.4 Å². The summed E-state index contributed by atoms with van der Waals surface area (Å²) in [5, 5.41) is 10.3. The highest BCUT2D eigenvalue weighted by atomic mass is 32.2. The van der Waals surface area contributed by atoms with E-state index in [9.17, 15) is 13.2 Å². The van der Waals surface area contributed by atoms with Crippen LogP contribution in [0.4, 0.5) is 0 Å². The van der Waals surface area contributed by atoms with Gasteiger partial charge in [-0.1, -0.05) is 6.92 Å². The van der Waals surface area contributed by atoms with E-state index in [-0.39, 0.29) is 12.3 Å². The summed E-state index contributed by atoms with van der Waals surface area (Å²) in [5.74, 6) is -0.933. The Labute approximate surface area is 110 Å². The van der Waals surface area contributed by atoms with E-state index < -0.39 is 16.0 Å². The molecule has 0 saturated carbocycles. The van der Waals surface area contributed by atoms with Crippen molar-refractivity contribution in [2.75, 3.05) is 5.75 Å². The van der Waals surface area contributed by atoms with Gasteiger partial charge in [0.05, 0.1) is 5.75 Å². The SMILES string of the molecule is CCCS(=O)(=O)NCc1sccc1C=CC(=O)O. The second-order valence-corrected chi connectivity index (χ2v) is 6.54. The lowest BCUT2D eigenvalue weighted by Crippen LogP contribution is -2.25. The van der Waals surface area contributed by atoms with E-state index in [4.69, 9.17) is 5.11 Å². The topological polar surface area (TPSA) is 83.5 Å². The molecule has 0 atom stereocenters. The number of carbonyl (C=O) groups is 1. The molecule has 100 valence electrons. The maximum Gasteiger partial charge on any atom is 0.328 e. The van der Waals surface area contributed by atoms with Gasteiger partial charge in [-0.25, -0.2) is 17.9 Å². The average molecular weight is 289 g/mol. The normalized spacial score (nSPS) is 12.1. The first kappa shape index (κ1) is 14.9. The standard InChI is InChI=1S/C11H15NO4S2/c1-2-7-18(15,16)12-8-10-9(5-6-17-10)3-4-11(13)14/h3-6,12H,2,7-8H2,1H3,(H,13,14). The summed E-state index contributed by atoms with van der Waals surface area (Å²) in [4.78, 5) is 11.2. The summed E-state index contributed by atoms with van der Waals surface area (Å²) in [5.41, 5.74) is 0.724. The van der Waals surface area contributed by atoms with Crippen LogP contribution in [0.5, 0.6) is 0 Å². The molecule has 1 heterocycles. The van der Waals surface area contributed by atoms with Crippen molar-refractivity contribution in [1.29, 1.82) is 0 Å². The Morgan fingerprint density at radius 3 is 2.89 bits per heavy atom. The molecule has 0 aliphatic carbocycles. The molecular weight excluding hydrogens is 274 g/mol. The lowest BCUT2D eigenvalue weighted by Gasteiger charge is -2.04. The quantitative estimate of drug-likeness (QED) is 0.748. The smallest absolute Gasteiger partial charge is 0.328 e. The van der Waals surface area contributed by atoms with E-state index in [1.54, 1.807) is 18.4 Å². The van der Waals surface area contributed by atoms with E-state index in [2.05, 4.69) is 4.72 Å². The molecule has 0 spiro atoms. The molecule has 1 aromatic heterocycles. The number of hydrogen-bond acceptors (Lipinski definition) is 4. The molecule has 0 amide bonds. The van der Waals surface area contributed by atoms with Gasteiger partial charge in [-0.15, -0.1) is 11.3 Å². The van der Waals surface area contributed by atoms with Gasteiger partial charge in [0.2, 0.25) is 10.0 Å². The zero-order valence-corrected chi connectivity index (χ0v) is 11.6. The average Bonchev–Trinajstić information content (AvgIpc) is 2.71. The minimum Gasteiger partial charge on any atom is -0.478 e. The van der Waals surface area contributed by atoms with E-state index in [1.807, 2.05) is 0 Å². The Hall–Kier alpha value is -1.18. The molecule has 0 aromatic carbocycles. The van der Waals surface area contributed by atoms with Gasteiger partial charge in [0.15, 0.2) is 0 Å². The van der Waals surface area contributed by atoms with Crippen molar-refractivity contribution in [2.45, 2.75) is 19.9 Å². The van der Waals surface area contributed by atoms with Gasteiger partial charge in [-0.05, 0) is 29.5 Å². The molecule has 0 saturated heterocycles. The molecule has 5 nitrogen and oxygen atoms in total. The van der Waals surface area contributed by atoms with Crippen LogP contribution in [0.3, 0.4) is 0 Å². The predicted octanol–water partition coefficient (Wildman–Crippen LogP) is 1.68. The third-order valence-corrected chi connectivity index (χ3v) is 4.58. The highest BCUT2D eigenvalue weighted by Crippen LogP contribution is 2.18. The van der Waals surface area contributed by atoms with Crippen LogP contribution in [-0.2, 0) is 21.4 Å². The fraction of sp³-hybridized carbons (Fsp3) is 0.364. The fourth-order valence-corrected chi connectivity index (χ4v) is 3.26. The summed E-state index contributed by atoms with van der Waals surface area (Å²) in [6.45, 7) is 1.99. The van der Waals surface area contributed by atoms with E-state index >= 15 is 0 Å². The third kappa shape index (κ3) is 4.99. The number of thiophene rings is 1. The van der Waals surface area contributed by atoms with Crippen LogP contribution >= 0.6 is 11.3 Å². The highest BCUT2D eigenvalue weighted by Gasteiger charge is 2.10. The van der Waals surface area contributed by atoms with E-state index in [0.717, 1.165) is 16.5 Å². The van der Waals surface area contributed by atoms with Crippen molar-refractivity contribution in [3.8, 4) is 0 Å². The summed E-state index contributed by atoms with van der Waals surface area (Å²) in [7, 11) is -3.24. The number of carboxylic acid groups (broad SMARTS) is 1. The number of hydrogen-bond donors (Lipinski definition) is 2.